The number of hydrogen-bond acceptors (Lipinski definition) is 4. The normalized spacial score (nSPS) is 14.2. The van der Waals surface area contributed by atoms with E-state index in [2.05, 4.69) is 10.6 Å². The van der Waals surface area contributed by atoms with Gasteiger partial charge in [0.1, 0.15) is 0 Å². The van der Waals surface area contributed by atoms with Crippen LogP contribution in [0.15, 0.2) is 18.2 Å². The third-order valence-electron chi connectivity index (χ3n) is 3.12. The van der Waals surface area contributed by atoms with Gasteiger partial charge in [-0.1, -0.05) is 6.07 Å². The Labute approximate surface area is 111 Å². The van der Waals surface area contributed by atoms with Crippen LogP contribution in [0.25, 0.3) is 0 Å². The van der Waals surface area contributed by atoms with Gasteiger partial charge in [-0.15, -0.1) is 0 Å². The molecule has 0 aliphatic heterocycles. The molecule has 6 nitrogen and oxygen atoms in total. The van der Waals surface area contributed by atoms with E-state index in [0.29, 0.717) is 11.6 Å². The maximum absolute atomic E-state index is 11.7. The summed E-state index contributed by atoms with van der Waals surface area (Å²) in [7, 11) is 0. The molecule has 6 heteroatoms. The van der Waals surface area contributed by atoms with Crippen molar-refractivity contribution in [3.8, 4) is 0 Å². The molecule has 1 aromatic rings. The highest BCUT2D eigenvalue weighted by molar-refractivity contribution is 5.93. The van der Waals surface area contributed by atoms with Crippen molar-refractivity contribution in [3.63, 3.8) is 0 Å². The van der Waals surface area contributed by atoms with Crippen LogP contribution in [0.3, 0.4) is 0 Å². The first-order valence-electron chi connectivity index (χ1n) is 6.32. The first kappa shape index (κ1) is 13.5. The number of carbonyl (C=O) groups excluding carboxylic acids is 1. The van der Waals surface area contributed by atoms with Crippen molar-refractivity contribution in [1.82, 2.24) is 5.32 Å². The molecule has 0 spiro atoms. The first-order valence-corrected chi connectivity index (χ1v) is 6.32. The number of aryl methyl sites for hydroxylation is 1. The van der Waals surface area contributed by atoms with E-state index in [-0.39, 0.29) is 18.1 Å². The fourth-order valence-corrected chi connectivity index (χ4v) is 1.76. The van der Waals surface area contributed by atoms with Crippen LogP contribution in [0.4, 0.5) is 11.4 Å². The maximum atomic E-state index is 11.7. The fourth-order valence-electron chi connectivity index (χ4n) is 1.76. The highest BCUT2D eigenvalue weighted by Gasteiger charge is 2.20. The molecule has 0 heterocycles. The number of amides is 1. The number of anilines is 1. The zero-order valence-electron chi connectivity index (χ0n) is 10.8. The van der Waals surface area contributed by atoms with Crippen molar-refractivity contribution in [2.24, 2.45) is 5.92 Å². The molecule has 0 bridgehead atoms. The topological polar surface area (TPSA) is 84.3 Å². The van der Waals surface area contributed by atoms with Gasteiger partial charge >= 0.3 is 0 Å². The maximum Gasteiger partial charge on any atom is 0.271 e. The number of non-ortho nitro benzene ring substituents is 1. The van der Waals surface area contributed by atoms with Gasteiger partial charge in [0.2, 0.25) is 5.91 Å². The van der Waals surface area contributed by atoms with Crippen LogP contribution >= 0.6 is 0 Å². The minimum Gasteiger partial charge on any atom is -0.324 e. The molecule has 0 saturated heterocycles. The summed E-state index contributed by atoms with van der Waals surface area (Å²) in [5.74, 6) is 0.539. The number of nitrogens with one attached hydrogen (secondary N) is 2. The number of nitro groups is 1. The predicted octanol–water partition coefficient (Wildman–Crippen LogP) is 1.84. The SMILES string of the molecule is Cc1ccc([N+](=O)[O-])cc1NC(=O)CNCC1CC1. The highest BCUT2D eigenvalue weighted by atomic mass is 16.6. The molecule has 2 N–H and O–H groups in total. The molecule has 0 atom stereocenters. The van der Waals surface area contributed by atoms with Gasteiger partial charge < -0.3 is 10.6 Å². The largest absolute Gasteiger partial charge is 0.324 e. The summed E-state index contributed by atoms with van der Waals surface area (Å²) in [5.41, 5.74) is 1.28. The van der Waals surface area contributed by atoms with E-state index in [9.17, 15) is 14.9 Å². The van der Waals surface area contributed by atoms with E-state index in [0.717, 1.165) is 12.1 Å². The Bertz CT molecular complexity index is 498. The van der Waals surface area contributed by atoms with E-state index < -0.39 is 4.92 Å². The molecule has 0 aromatic heterocycles. The minimum absolute atomic E-state index is 0.0214. The smallest absolute Gasteiger partial charge is 0.271 e. The second-order valence-electron chi connectivity index (χ2n) is 4.88. The lowest BCUT2D eigenvalue weighted by molar-refractivity contribution is -0.384. The standard InChI is InChI=1S/C13H17N3O3/c1-9-2-5-11(16(18)19)6-12(9)15-13(17)8-14-7-10-3-4-10/h2,5-6,10,14H,3-4,7-8H2,1H3,(H,15,17). The summed E-state index contributed by atoms with van der Waals surface area (Å²) in [5, 5.41) is 16.5. The number of benzene rings is 1. The van der Waals surface area contributed by atoms with E-state index in [4.69, 9.17) is 0 Å². The molecule has 19 heavy (non-hydrogen) atoms. The van der Waals surface area contributed by atoms with E-state index in [1.54, 1.807) is 13.0 Å². The molecule has 102 valence electrons. The van der Waals surface area contributed by atoms with Crippen LogP contribution in [0.2, 0.25) is 0 Å². The lowest BCUT2D eigenvalue weighted by Gasteiger charge is -2.08. The Morgan fingerprint density at radius 1 is 1.47 bits per heavy atom. The molecule has 1 aliphatic rings. The Morgan fingerprint density at radius 2 is 2.21 bits per heavy atom. The van der Waals surface area contributed by atoms with Crippen molar-refractivity contribution >= 4 is 17.3 Å². The number of hydrogen-bond donors (Lipinski definition) is 2. The monoisotopic (exact) mass is 263 g/mol. The van der Waals surface area contributed by atoms with E-state index in [1.807, 2.05) is 0 Å². The van der Waals surface area contributed by atoms with Crippen LogP contribution in [0.1, 0.15) is 18.4 Å². The van der Waals surface area contributed by atoms with E-state index in [1.165, 1.54) is 25.0 Å². The summed E-state index contributed by atoms with van der Waals surface area (Å²) in [6.07, 6.45) is 2.47. The van der Waals surface area contributed by atoms with E-state index >= 15 is 0 Å². The number of nitrogens with zero attached hydrogens (tertiary/aromatic N) is 1. The summed E-state index contributed by atoms with van der Waals surface area (Å²) in [6, 6.07) is 4.44. The molecule has 1 aromatic carbocycles. The first-order chi connectivity index (χ1) is 9.06. The van der Waals surface area contributed by atoms with Crippen LogP contribution in [0.5, 0.6) is 0 Å². The minimum atomic E-state index is -0.472. The zero-order valence-corrected chi connectivity index (χ0v) is 10.8. The fraction of sp³-hybridized carbons (Fsp3) is 0.462. The van der Waals surface area contributed by atoms with Gasteiger partial charge in [0.05, 0.1) is 17.2 Å². The van der Waals surface area contributed by atoms with Crippen molar-refractivity contribution in [3.05, 3.63) is 33.9 Å². The number of rotatable bonds is 6. The Hall–Kier alpha value is -1.95. The molecule has 0 radical (unpaired) electrons. The third kappa shape index (κ3) is 4.03. The van der Waals surface area contributed by atoms with Gasteiger partial charge in [0, 0.05) is 12.1 Å². The molecular formula is C13H17N3O3. The summed E-state index contributed by atoms with van der Waals surface area (Å²) >= 11 is 0. The van der Waals surface area contributed by atoms with Gasteiger partial charge in [-0.3, -0.25) is 14.9 Å². The predicted molar refractivity (Wildman–Crippen MR) is 72.1 cm³/mol. The summed E-state index contributed by atoms with van der Waals surface area (Å²) in [6.45, 7) is 2.90. The Morgan fingerprint density at radius 3 is 2.84 bits per heavy atom. The molecular weight excluding hydrogens is 246 g/mol. The number of carbonyl (C=O) groups is 1. The summed E-state index contributed by atoms with van der Waals surface area (Å²) < 4.78 is 0. The Balaban J connectivity index is 1.90. The molecule has 0 unspecified atom stereocenters. The molecule has 2 rings (SSSR count). The molecule has 1 aliphatic carbocycles. The molecule has 1 fully saturated rings. The van der Waals surface area contributed by atoms with Gasteiger partial charge in [0.25, 0.3) is 5.69 Å². The zero-order chi connectivity index (χ0) is 13.8. The number of nitro benzene ring substituents is 1. The molecule has 1 saturated carbocycles. The second kappa shape index (κ2) is 5.79. The average molecular weight is 263 g/mol. The van der Waals surface area contributed by atoms with Gasteiger partial charge in [0.15, 0.2) is 0 Å². The lowest BCUT2D eigenvalue weighted by Crippen LogP contribution is -2.29. The Kier molecular flexibility index (Phi) is 4.11. The van der Waals surface area contributed by atoms with Gasteiger partial charge in [-0.2, -0.15) is 0 Å². The van der Waals surface area contributed by atoms with Crippen LogP contribution in [0, 0.1) is 23.0 Å². The lowest BCUT2D eigenvalue weighted by atomic mass is 10.2. The van der Waals surface area contributed by atoms with Crippen molar-refractivity contribution in [2.45, 2.75) is 19.8 Å². The quantitative estimate of drug-likeness (QED) is 0.606. The summed E-state index contributed by atoms with van der Waals surface area (Å²) in [4.78, 5) is 21.9. The van der Waals surface area contributed by atoms with Crippen molar-refractivity contribution < 1.29 is 9.72 Å². The van der Waals surface area contributed by atoms with Crippen LogP contribution in [-0.2, 0) is 4.79 Å². The average Bonchev–Trinajstić information content (AvgIpc) is 3.15. The van der Waals surface area contributed by atoms with Gasteiger partial charge in [-0.05, 0) is 37.8 Å². The van der Waals surface area contributed by atoms with Crippen molar-refractivity contribution in [1.29, 1.82) is 0 Å². The second-order valence-corrected chi connectivity index (χ2v) is 4.88. The molecule has 1 amide bonds. The van der Waals surface area contributed by atoms with Gasteiger partial charge in [-0.25, -0.2) is 0 Å². The van der Waals surface area contributed by atoms with Crippen LogP contribution < -0.4 is 10.6 Å². The van der Waals surface area contributed by atoms with Crippen molar-refractivity contribution in [2.75, 3.05) is 18.4 Å². The third-order valence-corrected chi connectivity index (χ3v) is 3.12. The van der Waals surface area contributed by atoms with Crippen LogP contribution in [-0.4, -0.2) is 23.9 Å². The highest BCUT2D eigenvalue weighted by Crippen LogP contribution is 2.27.